The molecular weight excluding hydrogens is 290 g/mol. The molecule has 0 aliphatic carbocycles. The van der Waals surface area contributed by atoms with Gasteiger partial charge < -0.3 is 15.2 Å². The van der Waals surface area contributed by atoms with Gasteiger partial charge in [-0.25, -0.2) is 0 Å². The Kier molecular flexibility index (Phi) is 5.77. The SMILES string of the molecule is Cc1cccc(C)c1OC[C@@H](C)NC(=O)[C@H](O)c1ccccc1. The fourth-order valence-electron chi connectivity index (χ4n) is 2.39. The van der Waals surface area contributed by atoms with E-state index in [4.69, 9.17) is 4.74 Å². The van der Waals surface area contributed by atoms with Crippen molar-refractivity contribution in [2.75, 3.05) is 6.61 Å². The molecule has 0 aliphatic heterocycles. The molecule has 4 heteroatoms. The van der Waals surface area contributed by atoms with Crippen LogP contribution in [-0.4, -0.2) is 23.7 Å². The summed E-state index contributed by atoms with van der Waals surface area (Å²) in [6.45, 7) is 6.18. The summed E-state index contributed by atoms with van der Waals surface area (Å²) in [6.07, 6.45) is -1.17. The summed E-state index contributed by atoms with van der Waals surface area (Å²) in [4.78, 5) is 12.1. The van der Waals surface area contributed by atoms with Crippen LogP contribution >= 0.6 is 0 Å². The maximum absolute atomic E-state index is 12.1. The molecule has 4 nitrogen and oxygen atoms in total. The van der Waals surface area contributed by atoms with Crippen molar-refractivity contribution in [3.05, 3.63) is 65.2 Å². The maximum atomic E-state index is 12.1. The molecule has 0 aliphatic rings. The van der Waals surface area contributed by atoms with Crippen molar-refractivity contribution in [2.45, 2.75) is 32.9 Å². The van der Waals surface area contributed by atoms with Crippen molar-refractivity contribution in [3.8, 4) is 5.75 Å². The lowest BCUT2D eigenvalue weighted by molar-refractivity contribution is -0.130. The Morgan fingerprint density at radius 2 is 1.70 bits per heavy atom. The highest BCUT2D eigenvalue weighted by Gasteiger charge is 2.19. The molecule has 122 valence electrons. The smallest absolute Gasteiger partial charge is 0.253 e. The third-order valence-electron chi connectivity index (χ3n) is 3.64. The number of amides is 1. The molecule has 0 bridgehead atoms. The van der Waals surface area contributed by atoms with Crippen LogP contribution in [0.4, 0.5) is 0 Å². The van der Waals surface area contributed by atoms with E-state index < -0.39 is 12.0 Å². The predicted molar refractivity (Wildman–Crippen MR) is 90.4 cm³/mol. The van der Waals surface area contributed by atoms with Gasteiger partial charge >= 0.3 is 0 Å². The summed E-state index contributed by atoms with van der Waals surface area (Å²) in [5, 5.41) is 12.8. The minimum absolute atomic E-state index is 0.208. The molecule has 0 fully saturated rings. The van der Waals surface area contributed by atoms with Crippen LogP contribution in [0.15, 0.2) is 48.5 Å². The summed E-state index contributed by atoms with van der Waals surface area (Å²) in [6, 6.07) is 14.6. The molecule has 0 heterocycles. The number of rotatable bonds is 6. The first-order valence-electron chi connectivity index (χ1n) is 7.71. The van der Waals surface area contributed by atoms with Gasteiger partial charge in [-0.05, 0) is 37.5 Å². The molecule has 2 rings (SSSR count). The summed E-state index contributed by atoms with van der Waals surface area (Å²) < 4.78 is 5.82. The highest BCUT2D eigenvalue weighted by molar-refractivity contribution is 5.82. The van der Waals surface area contributed by atoms with E-state index in [1.165, 1.54) is 0 Å². The number of hydrogen-bond acceptors (Lipinski definition) is 3. The molecule has 0 saturated heterocycles. The molecule has 0 aromatic heterocycles. The van der Waals surface area contributed by atoms with Crippen LogP contribution < -0.4 is 10.1 Å². The third kappa shape index (κ3) is 4.57. The Hall–Kier alpha value is -2.33. The van der Waals surface area contributed by atoms with Crippen molar-refractivity contribution in [3.63, 3.8) is 0 Å². The number of nitrogens with one attached hydrogen (secondary N) is 1. The number of para-hydroxylation sites is 1. The van der Waals surface area contributed by atoms with Crippen molar-refractivity contribution < 1.29 is 14.6 Å². The zero-order valence-corrected chi connectivity index (χ0v) is 13.7. The number of aryl methyl sites for hydroxylation is 2. The van der Waals surface area contributed by atoms with Gasteiger partial charge in [-0.2, -0.15) is 0 Å². The van der Waals surface area contributed by atoms with Crippen molar-refractivity contribution in [1.29, 1.82) is 0 Å². The Labute approximate surface area is 137 Å². The first-order valence-corrected chi connectivity index (χ1v) is 7.71. The Morgan fingerprint density at radius 3 is 2.30 bits per heavy atom. The molecule has 2 aromatic rings. The first-order chi connectivity index (χ1) is 11.0. The molecule has 0 saturated carbocycles. The van der Waals surface area contributed by atoms with Gasteiger partial charge in [-0.15, -0.1) is 0 Å². The number of carbonyl (C=O) groups excluding carboxylic acids is 1. The summed E-state index contributed by atoms with van der Waals surface area (Å²) in [5.41, 5.74) is 2.70. The first kappa shape index (κ1) is 17.0. The minimum atomic E-state index is -1.17. The lowest BCUT2D eigenvalue weighted by Gasteiger charge is -2.19. The number of aliphatic hydroxyl groups excluding tert-OH is 1. The molecule has 0 unspecified atom stereocenters. The highest BCUT2D eigenvalue weighted by atomic mass is 16.5. The van der Waals surface area contributed by atoms with E-state index in [0.717, 1.165) is 16.9 Å². The molecule has 0 spiro atoms. The van der Waals surface area contributed by atoms with E-state index in [-0.39, 0.29) is 6.04 Å². The van der Waals surface area contributed by atoms with Crippen LogP contribution in [0.25, 0.3) is 0 Å². The quantitative estimate of drug-likeness (QED) is 0.862. The molecule has 2 atom stereocenters. The van der Waals surface area contributed by atoms with E-state index >= 15 is 0 Å². The summed E-state index contributed by atoms with van der Waals surface area (Å²) in [5.74, 6) is 0.422. The summed E-state index contributed by atoms with van der Waals surface area (Å²) in [7, 11) is 0. The van der Waals surface area contributed by atoms with Gasteiger partial charge in [-0.3, -0.25) is 4.79 Å². The van der Waals surface area contributed by atoms with Crippen LogP contribution in [0.1, 0.15) is 29.7 Å². The van der Waals surface area contributed by atoms with E-state index in [0.29, 0.717) is 12.2 Å². The highest BCUT2D eigenvalue weighted by Crippen LogP contribution is 2.22. The van der Waals surface area contributed by atoms with Gasteiger partial charge in [0.15, 0.2) is 6.10 Å². The lowest BCUT2D eigenvalue weighted by Crippen LogP contribution is -2.39. The van der Waals surface area contributed by atoms with E-state index in [1.807, 2.05) is 45.0 Å². The van der Waals surface area contributed by atoms with E-state index in [2.05, 4.69) is 5.32 Å². The average molecular weight is 313 g/mol. The second-order valence-electron chi connectivity index (χ2n) is 5.75. The Balaban J connectivity index is 1.89. The second kappa shape index (κ2) is 7.79. The molecule has 1 amide bonds. The van der Waals surface area contributed by atoms with Crippen LogP contribution in [0.3, 0.4) is 0 Å². The van der Waals surface area contributed by atoms with Crippen molar-refractivity contribution in [2.24, 2.45) is 0 Å². The standard InChI is InChI=1S/C19H23NO3/c1-13-8-7-9-14(2)18(13)23-12-15(3)20-19(22)17(21)16-10-5-4-6-11-16/h4-11,15,17,21H,12H2,1-3H3,(H,20,22)/t15-,17-/m1/s1. The number of ether oxygens (including phenoxy) is 1. The Bertz CT molecular complexity index is 635. The van der Waals surface area contributed by atoms with Crippen LogP contribution in [0, 0.1) is 13.8 Å². The number of aliphatic hydroxyl groups is 1. The number of benzene rings is 2. The largest absolute Gasteiger partial charge is 0.491 e. The van der Waals surface area contributed by atoms with Gasteiger partial charge in [0.1, 0.15) is 12.4 Å². The Morgan fingerprint density at radius 1 is 1.09 bits per heavy atom. The van der Waals surface area contributed by atoms with Gasteiger partial charge in [0.25, 0.3) is 5.91 Å². The number of carbonyl (C=O) groups is 1. The summed E-state index contributed by atoms with van der Waals surface area (Å²) >= 11 is 0. The van der Waals surface area contributed by atoms with Crippen LogP contribution in [0.5, 0.6) is 5.75 Å². The van der Waals surface area contributed by atoms with Crippen molar-refractivity contribution >= 4 is 5.91 Å². The fourth-order valence-corrected chi connectivity index (χ4v) is 2.39. The third-order valence-corrected chi connectivity index (χ3v) is 3.64. The van der Waals surface area contributed by atoms with E-state index in [1.54, 1.807) is 24.3 Å². The molecule has 0 radical (unpaired) electrons. The second-order valence-corrected chi connectivity index (χ2v) is 5.75. The zero-order chi connectivity index (χ0) is 16.8. The normalized spacial score (nSPS) is 13.2. The molecule has 23 heavy (non-hydrogen) atoms. The van der Waals surface area contributed by atoms with Gasteiger partial charge in [0.05, 0.1) is 6.04 Å². The van der Waals surface area contributed by atoms with Gasteiger partial charge in [-0.1, -0.05) is 48.5 Å². The van der Waals surface area contributed by atoms with Crippen LogP contribution in [-0.2, 0) is 4.79 Å². The lowest BCUT2D eigenvalue weighted by atomic mass is 10.1. The van der Waals surface area contributed by atoms with Gasteiger partial charge in [0, 0.05) is 0 Å². The minimum Gasteiger partial charge on any atom is -0.491 e. The maximum Gasteiger partial charge on any atom is 0.253 e. The molecular formula is C19H23NO3. The molecule has 2 aromatic carbocycles. The number of hydrogen-bond donors (Lipinski definition) is 2. The van der Waals surface area contributed by atoms with Crippen LogP contribution in [0.2, 0.25) is 0 Å². The van der Waals surface area contributed by atoms with Crippen molar-refractivity contribution in [1.82, 2.24) is 5.32 Å². The van der Waals surface area contributed by atoms with Gasteiger partial charge in [0.2, 0.25) is 0 Å². The monoisotopic (exact) mass is 313 g/mol. The van der Waals surface area contributed by atoms with E-state index in [9.17, 15) is 9.90 Å². The molecule has 2 N–H and O–H groups in total. The fraction of sp³-hybridized carbons (Fsp3) is 0.316. The topological polar surface area (TPSA) is 58.6 Å². The zero-order valence-electron chi connectivity index (χ0n) is 13.7. The average Bonchev–Trinajstić information content (AvgIpc) is 2.54. The predicted octanol–water partition coefficient (Wildman–Crippen LogP) is 2.92.